The van der Waals surface area contributed by atoms with E-state index in [1.807, 2.05) is 44.2 Å². The molecule has 0 radical (unpaired) electrons. The number of ether oxygens (including phenoxy) is 1. The molecule has 0 aliphatic heterocycles. The van der Waals surface area contributed by atoms with Gasteiger partial charge in [-0.15, -0.1) is 0 Å². The van der Waals surface area contributed by atoms with Crippen molar-refractivity contribution in [3.63, 3.8) is 0 Å². The number of nitrogens with one attached hydrogen (secondary N) is 1. The van der Waals surface area contributed by atoms with Gasteiger partial charge in [-0.2, -0.15) is 0 Å². The summed E-state index contributed by atoms with van der Waals surface area (Å²) in [6.45, 7) is 7.35. The summed E-state index contributed by atoms with van der Waals surface area (Å²) in [5.74, 6) is -0.424. The number of rotatable bonds is 12. The van der Waals surface area contributed by atoms with Crippen molar-refractivity contribution in [1.29, 1.82) is 0 Å². The maximum absolute atomic E-state index is 13.5. The van der Waals surface area contributed by atoms with Gasteiger partial charge in [-0.3, -0.25) is 13.9 Å². The molecule has 2 rings (SSSR count). The third-order valence-corrected chi connectivity index (χ3v) is 6.60. The van der Waals surface area contributed by atoms with Gasteiger partial charge in [0.1, 0.15) is 18.3 Å². The van der Waals surface area contributed by atoms with Gasteiger partial charge in [0.05, 0.1) is 18.6 Å². The Hall–Kier alpha value is -3.07. The zero-order chi connectivity index (χ0) is 25.3. The first-order valence-electron chi connectivity index (χ1n) is 11.4. The van der Waals surface area contributed by atoms with Crippen LogP contribution in [0.25, 0.3) is 0 Å². The lowest BCUT2D eigenvalue weighted by atomic mass is 10.1. The SMILES string of the molecule is CCOc1ccccc1N(CC(=O)N(Cc1ccccc1)[C@@H](C)C(=O)N[C@H](C)CC)S(C)(=O)=O. The average Bonchev–Trinajstić information content (AvgIpc) is 2.81. The van der Waals surface area contributed by atoms with E-state index in [0.717, 1.165) is 22.5 Å². The second kappa shape index (κ2) is 12.4. The van der Waals surface area contributed by atoms with E-state index >= 15 is 0 Å². The van der Waals surface area contributed by atoms with Crippen molar-refractivity contribution in [3.8, 4) is 5.75 Å². The smallest absolute Gasteiger partial charge is 0.244 e. The molecular weight excluding hydrogens is 454 g/mol. The summed E-state index contributed by atoms with van der Waals surface area (Å²) in [7, 11) is -3.82. The van der Waals surface area contributed by atoms with Crippen LogP contribution < -0.4 is 14.4 Å². The van der Waals surface area contributed by atoms with Gasteiger partial charge in [-0.1, -0.05) is 49.4 Å². The van der Waals surface area contributed by atoms with Gasteiger partial charge >= 0.3 is 0 Å². The Kier molecular flexibility index (Phi) is 9.92. The molecule has 0 saturated heterocycles. The molecule has 0 aliphatic rings. The molecule has 34 heavy (non-hydrogen) atoms. The lowest BCUT2D eigenvalue weighted by molar-refractivity contribution is -0.139. The molecule has 0 aromatic heterocycles. The molecule has 0 fully saturated rings. The quantitative estimate of drug-likeness (QED) is 0.494. The van der Waals surface area contributed by atoms with Crippen molar-refractivity contribution in [2.45, 2.75) is 52.7 Å². The Bertz CT molecular complexity index is 1060. The molecule has 186 valence electrons. The third kappa shape index (κ3) is 7.48. The molecular formula is C25H35N3O5S. The standard InChI is InChI=1S/C25H35N3O5S/c1-6-19(3)26-25(30)20(4)27(17-21-13-9-8-10-14-21)24(29)18-28(34(5,31)32)22-15-11-12-16-23(22)33-7-2/h8-16,19-20H,6-7,17-18H2,1-5H3,(H,26,30)/t19-,20+/m1/s1. The van der Waals surface area contributed by atoms with E-state index in [1.165, 1.54) is 4.90 Å². The minimum Gasteiger partial charge on any atom is -0.492 e. The van der Waals surface area contributed by atoms with Crippen LogP contribution in [0.4, 0.5) is 5.69 Å². The molecule has 1 N–H and O–H groups in total. The molecule has 0 heterocycles. The van der Waals surface area contributed by atoms with E-state index in [2.05, 4.69) is 5.32 Å². The summed E-state index contributed by atoms with van der Waals surface area (Å²) < 4.78 is 32.0. The molecule has 0 saturated carbocycles. The predicted octanol–water partition coefficient (Wildman–Crippen LogP) is 3.18. The van der Waals surface area contributed by atoms with Crippen LogP contribution in [0.5, 0.6) is 5.75 Å². The van der Waals surface area contributed by atoms with Crippen LogP contribution in [0.1, 0.15) is 39.7 Å². The second-order valence-electron chi connectivity index (χ2n) is 8.17. The molecule has 0 unspecified atom stereocenters. The first kappa shape index (κ1) is 27.2. The molecule has 0 bridgehead atoms. The molecule has 9 heteroatoms. The molecule has 2 atom stereocenters. The van der Waals surface area contributed by atoms with Gasteiger partial charge in [0, 0.05) is 12.6 Å². The topological polar surface area (TPSA) is 96.0 Å². The van der Waals surface area contributed by atoms with Gasteiger partial charge in [0.15, 0.2) is 0 Å². The van der Waals surface area contributed by atoms with Crippen LogP contribution in [-0.4, -0.2) is 56.6 Å². The van der Waals surface area contributed by atoms with Gasteiger partial charge in [-0.25, -0.2) is 8.42 Å². The van der Waals surface area contributed by atoms with Crippen molar-refractivity contribution >= 4 is 27.5 Å². The number of benzene rings is 2. The largest absolute Gasteiger partial charge is 0.492 e. The van der Waals surface area contributed by atoms with Crippen LogP contribution in [0.3, 0.4) is 0 Å². The fourth-order valence-electron chi connectivity index (χ4n) is 3.36. The Balaban J connectivity index is 2.40. The normalized spacial score (nSPS) is 13.0. The molecule has 2 aromatic carbocycles. The van der Waals surface area contributed by atoms with Gasteiger partial charge in [-0.05, 0) is 44.9 Å². The van der Waals surface area contributed by atoms with Crippen molar-refractivity contribution in [3.05, 3.63) is 60.2 Å². The van der Waals surface area contributed by atoms with Crippen LogP contribution in [-0.2, 0) is 26.2 Å². The Morgan fingerprint density at radius 3 is 2.21 bits per heavy atom. The lowest BCUT2D eigenvalue weighted by Gasteiger charge is -2.32. The fraction of sp³-hybridized carbons (Fsp3) is 0.440. The highest BCUT2D eigenvalue weighted by molar-refractivity contribution is 7.92. The summed E-state index contributed by atoms with van der Waals surface area (Å²) in [6.07, 6.45) is 1.80. The molecule has 0 aliphatic carbocycles. The van der Waals surface area contributed by atoms with E-state index in [0.29, 0.717) is 12.4 Å². The van der Waals surface area contributed by atoms with Gasteiger partial charge in [0.2, 0.25) is 21.8 Å². The van der Waals surface area contributed by atoms with Crippen molar-refractivity contribution in [1.82, 2.24) is 10.2 Å². The van der Waals surface area contributed by atoms with Gasteiger partial charge in [0.25, 0.3) is 0 Å². The average molecular weight is 490 g/mol. The minimum atomic E-state index is -3.82. The monoisotopic (exact) mass is 489 g/mol. The summed E-state index contributed by atoms with van der Waals surface area (Å²) in [5.41, 5.74) is 1.11. The van der Waals surface area contributed by atoms with E-state index in [4.69, 9.17) is 4.74 Å². The van der Waals surface area contributed by atoms with Crippen LogP contribution in [0.15, 0.2) is 54.6 Å². The summed E-state index contributed by atoms with van der Waals surface area (Å²) in [5, 5.41) is 2.91. The molecule has 0 spiro atoms. The summed E-state index contributed by atoms with van der Waals surface area (Å²) in [6, 6.07) is 15.1. The minimum absolute atomic E-state index is 0.0470. The Morgan fingerprint density at radius 2 is 1.62 bits per heavy atom. The van der Waals surface area contributed by atoms with Crippen molar-refractivity contribution in [2.75, 3.05) is 23.7 Å². The van der Waals surface area contributed by atoms with E-state index < -0.39 is 28.5 Å². The highest BCUT2D eigenvalue weighted by atomic mass is 32.2. The number of nitrogens with zero attached hydrogens (tertiary/aromatic N) is 2. The van der Waals surface area contributed by atoms with E-state index in [-0.39, 0.29) is 24.2 Å². The number of hydrogen-bond acceptors (Lipinski definition) is 5. The predicted molar refractivity (Wildman–Crippen MR) is 134 cm³/mol. The lowest BCUT2D eigenvalue weighted by Crippen LogP contribution is -2.52. The van der Waals surface area contributed by atoms with Crippen molar-refractivity contribution in [2.24, 2.45) is 0 Å². The van der Waals surface area contributed by atoms with Crippen molar-refractivity contribution < 1.29 is 22.7 Å². The first-order chi connectivity index (χ1) is 16.1. The van der Waals surface area contributed by atoms with Crippen LogP contribution in [0.2, 0.25) is 0 Å². The number of para-hydroxylation sites is 2. The van der Waals surface area contributed by atoms with Gasteiger partial charge < -0.3 is 15.0 Å². The van der Waals surface area contributed by atoms with Crippen LogP contribution in [0, 0.1) is 0 Å². The molecule has 2 amide bonds. The number of amides is 2. The van der Waals surface area contributed by atoms with E-state index in [1.54, 1.807) is 38.1 Å². The maximum atomic E-state index is 13.5. The zero-order valence-corrected chi connectivity index (χ0v) is 21.3. The van der Waals surface area contributed by atoms with Crippen LogP contribution >= 0.6 is 0 Å². The summed E-state index contributed by atoms with van der Waals surface area (Å²) >= 11 is 0. The highest BCUT2D eigenvalue weighted by Crippen LogP contribution is 2.30. The zero-order valence-electron chi connectivity index (χ0n) is 20.5. The highest BCUT2D eigenvalue weighted by Gasteiger charge is 2.31. The Labute approximate surface area is 202 Å². The Morgan fingerprint density at radius 1 is 1.00 bits per heavy atom. The number of anilines is 1. The number of hydrogen-bond donors (Lipinski definition) is 1. The number of sulfonamides is 1. The number of carbonyl (C=O) groups excluding carboxylic acids is 2. The molecule has 2 aromatic rings. The summed E-state index contributed by atoms with van der Waals surface area (Å²) in [4.78, 5) is 27.8. The maximum Gasteiger partial charge on any atom is 0.244 e. The number of carbonyl (C=O) groups is 2. The first-order valence-corrected chi connectivity index (χ1v) is 13.3. The third-order valence-electron chi connectivity index (χ3n) is 5.48. The fourth-order valence-corrected chi connectivity index (χ4v) is 4.22. The second-order valence-corrected chi connectivity index (χ2v) is 10.1. The molecule has 8 nitrogen and oxygen atoms in total. The van der Waals surface area contributed by atoms with E-state index in [9.17, 15) is 18.0 Å².